The van der Waals surface area contributed by atoms with Gasteiger partial charge in [0.2, 0.25) is 0 Å². The van der Waals surface area contributed by atoms with Crippen LogP contribution in [0, 0.1) is 0 Å². The molecule has 9 nitrogen and oxygen atoms in total. The van der Waals surface area contributed by atoms with Gasteiger partial charge < -0.3 is 30.5 Å². The molecule has 0 unspecified atom stereocenters. The molecule has 0 aliphatic carbocycles. The highest BCUT2D eigenvalue weighted by molar-refractivity contribution is 6.32. The summed E-state index contributed by atoms with van der Waals surface area (Å²) in [5.74, 6) is 0.194. The van der Waals surface area contributed by atoms with Crippen molar-refractivity contribution < 1.29 is 24.2 Å². The number of nitrogens with one attached hydrogen (secondary N) is 1. The van der Waals surface area contributed by atoms with E-state index in [0.717, 1.165) is 19.5 Å². The monoisotopic (exact) mass is 502 g/mol. The van der Waals surface area contributed by atoms with Crippen molar-refractivity contribution in [2.24, 2.45) is 10.7 Å². The normalized spacial score (nSPS) is 12.9. The largest absolute Gasteiger partial charge is 0.491 e. The summed E-state index contributed by atoms with van der Waals surface area (Å²) in [5.41, 5.74) is 6.37. The van der Waals surface area contributed by atoms with E-state index in [1.54, 1.807) is 42.4 Å². The molecule has 1 aliphatic rings. The zero-order chi connectivity index (χ0) is 25.8. The molecule has 2 aromatic rings. The molecule has 2 aromatic carbocycles. The molecule has 0 spiro atoms. The van der Waals surface area contributed by atoms with Crippen LogP contribution >= 0.6 is 11.6 Å². The van der Waals surface area contributed by atoms with E-state index in [-0.39, 0.29) is 41.3 Å². The number of carbonyl (C=O) groups excluding carboxylic acids is 2. The lowest BCUT2D eigenvalue weighted by Gasteiger charge is -2.31. The molecule has 0 radical (unpaired) electrons. The number of amides is 2. The summed E-state index contributed by atoms with van der Waals surface area (Å²) in [6.45, 7) is 5.31. The summed E-state index contributed by atoms with van der Waals surface area (Å²) >= 11 is 6.35. The summed E-state index contributed by atoms with van der Waals surface area (Å²) in [4.78, 5) is 30.5. The van der Waals surface area contributed by atoms with E-state index in [4.69, 9.17) is 31.9 Å². The van der Waals surface area contributed by atoms with E-state index < -0.39 is 5.91 Å². The molecule has 188 valence electrons. The van der Waals surface area contributed by atoms with E-state index in [2.05, 4.69) is 10.3 Å². The molecule has 1 fully saturated rings. The Morgan fingerprint density at radius 2 is 1.89 bits per heavy atom. The van der Waals surface area contributed by atoms with Crippen molar-refractivity contribution in [3.63, 3.8) is 0 Å². The molecule has 0 saturated carbocycles. The minimum Gasteiger partial charge on any atom is -0.491 e. The Morgan fingerprint density at radius 3 is 2.49 bits per heavy atom. The Labute approximate surface area is 210 Å². The Kier molecular flexibility index (Phi) is 11.1. The van der Waals surface area contributed by atoms with E-state index in [9.17, 15) is 9.59 Å². The van der Waals surface area contributed by atoms with Crippen molar-refractivity contribution in [2.75, 3.05) is 33.4 Å². The first-order valence-electron chi connectivity index (χ1n) is 11.3. The van der Waals surface area contributed by atoms with E-state index in [0.29, 0.717) is 17.1 Å². The van der Waals surface area contributed by atoms with E-state index in [1.165, 1.54) is 18.2 Å². The lowest BCUT2D eigenvalue weighted by molar-refractivity contribution is 0.0651. The maximum absolute atomic E-state index is 12.6. The molecule has 4 N–H and O–H groups in total. The van der Waals surface area contributed by atoms with Crippen LogP contribution in [0.15, 0.2) is 53.7 Å². The number of rotatable bonds is 9. The number of benzene rings is 2. The Bertz CT molecular complexity index is 1080. The number of ether oxygens (including phenoxy) is 2. The second kappa shape index (κ2) is 14.0. The van der Waals surface area contributed by atoms with Gasteiger partial charge >= 0.3 is 0 Å². The molecule has 0 aromatic heterocycles. The SMILES string of the molecule is CC.CN/C=C\C(N)=NC(=O)c1cc(OCCO)cc(Oc2ccc(C(=O)N3CCC3)cc2Cl)c1. The van der Waals surface area contributed by atoms with Crippen molar-refractivity contribution >= 4 is 29.3 Å². The molecular formula is C25H31ClN4O5. The van der Waals surface area contributed by atoms with Gasteiger partial charge in [-0.3, -0.25) is 9.59 Å². The van der Waals surface area contributed by atoms with Gasteiger partial charge in [0, 0.05) is 37.3 Å². The summed E-state index contributed by atoms with van der Waals surface area (Å²) in [6, 6.07) is 9.28. The third kappa shape index (κ3) is 8.01. The van der Waals surface area contributed by atoms with Crippen LogP contribution in [0.4, 0.5) is 0 Å². The minimum absolute atomic E-state index is 0.0176. The first-order valence-corrected chi connectivity index (χ1v) is 11.7. The number of nitrogens with zero attached hydrogens (tertiary/aromatic N) is 2. The van der Waals surface area contributed by atoms with Crippen LogP contribution in [-0.4, -0.2) is 61.0 Å². The van der Waals surface area contributed by atoms with Crippen LogP contribution < -0.4 is 20.5 Å². The Balaban J connectivity index is 0.00000210. The number of aliphatic hydroxyl groups excluding tert-OH is 1. The van der Waals surface area contributed by atoms with Gasteiger partial charge in [-0.25, -0.2) is 0 Å². The highest BCUT2D eigenvalue weighted by atomic mass is 35.5. The standard InChI is InChI=1S/C23H25ClN4O5.C2H6/c1-26-6-5-21(25)27-22(30)16-11-17(32-10-9-29)14-18(12-16)33-20-4-3-15(13-19(20)24)23(31)28-7-2-8-28;1-2/h3-6,11-14,26,29H,2,7-10H2,1H3,(H2,25,27,30);1-2H3/b6-5-;. The molecule has 1 heterocycles. The van der Waals surface area contributed by atoms with Crippen molar-refractivity contribution in [2.45, 2.75) is 20.3 Å². The highest BCUT2D eigenvalue weighted by Gasteiger charge is 2.22. The van der Waals surface area contributed by atoms with Crippen LogP contribution in [0.2, 0.25) is 5.02 Å². The molecule has 0 bridgehead atoms. The van der Waals surface area contributed by atoms with E-state index >= 15 is 0 Å². The van der Waals surface area contributed by atoms with Gasteiger partial charge in [-0.1, -0.05) is 25.4 Å². The second-order valence-corrected chi connectivity index (χ2v) is 7.53. The van der Waals surface area contributed by atoms with Crippen molar-refractivity contribution in [1.82, 2.24) is 10.2 Å². The maximum atomic E-state index is 12.6. The van der Waals surface area contributed by atoms with Crippen LogP contribution in [0.3, 0.4) is 0 Å². The Morgan fingerprint density at radius 1 is 1.17 bits per heavy atom. The summed E-state index contributed by atoms with van der Waals surface area (Å²) in [5, 5.41) is 12.1. The van der Waals surface area contributed by atoms with Gasteiger partial charge in [0.15, 0.2) is 0 Å². The first kappa shape index (κ1) is 27.7. The third-order valence-corrected chi connectivity index (χ3v) is 4.98. The molecular weight excluding hydrogens is 472 g/mol. The Hall–Kier alpha value is -3.56. The fraction of sp³-hybridized carbons (Fsp3) is 0.320. The average molecular weight is 503 g/mol. The summed E-state index contributed by atoms with van der Waals surface area (Å²) in [7, 11) is 1.69. The molecule has 1 aliphatic heterocycles. The zero-order valence-corrected chi connectivity index (χ0v) is 20.8. The first-order chi connectivity index (χ1) is 16.9. The van der Waals surface area contributed by atoms with Gasteiger partial charge in [-0.2, -0.15) is 4.99 Å². The minimum atomic E-state index is -0.603. The molecule has 35 heavy (non-hydrogen) atoms. The topological polar surface area (TPSA) is 126 Å². The fourth-order valence-corrected chi connectivity index (χ4v) is 3.15. The van der Waals surface area contributed by atoms with Crippen LogP contribution in [0.1, 0.15) is 41.0 Å². The molecule has 0 atom stereocenters. The fourth-order valence-electron chi connectivity index (χ4n) is 2.93. The highest BCUT2D eigenvalue weighted by Crippen LogP contribution is 2.33. The molecule has 1 saturated heterocycles. The summed E-state index contributed by atoms with van der Waals surface area (Å²) in [6.07, 6.45) is 3.99. The van der Waals surface area contributed by atoms with Crippen LogP contribution in [0.25, 0.3) is 0 Å². The van der Waals surface area contributed by atoms with Crippen LogP contribution in [0.5, 0.6) is 17.2 Å². The number of aliphatic hydroxyl groups is 1. The molecule has 2 amide bonds. The smallest absolute Gasteiger partial charge is 0.279 e. The number of aliphatic imine (C=N–C) groups is 1. The van der Waals surface area contributed by atoms with Gasteiger partial charge in [-0.15, -0.1) is 0 Å². The number of carbonyl (C=O) groups is 2. The molecule has 10 heteroatoms. The predicted octanol–water partition coefficient (Wildman–Crippen LogP) is 3.61. The average Bonchev–Trinajstić information content (AvgIpc) is 2.82. The lowest BCUT2D eigenvalue weighted by Crippen LogP contribution is -2.41. The third-order valence-electron chi connectivity index (χ3n) is 4.69. The second-order valence-electron chi connectivity index (χ2n) is 7.12. The number of hydrogen-bond acceptors (Lipinski definition) is 6. The zero-order valence-electron chi connectivity index (χ0n) is 20.1. The number of amidine groups is 1. The van der Waals surface area contributed by atoms with Crippen LogP contribution in [-0.2, 0) is 0 Å². The van der Waals surface area contributed by atoms with Gasteiger partial charge in [0.1, 0.15) is 29.7 Å². The van der Waals surface area contributed by atoms with Crippen molar-refractivity contribution in [3.8, 4) is 17.2 Å². The van der Waals surface area contributed by atoms with Gasteiger partial charge in [0.25, 0.3) is 11.8 Å². The van der Waals surface area contributed by atoms with Crippen molar-refractivity contribution in [1.29, 1.82) is 0 Å². The van der Waals surface area contributed by atoms with Crippen molar-refractivity contribution in [3.05, 3.63) is 64.8 Å². The number of nitrogens with two attached hydrogens (primary N) is 1. The predicted molar refractivity (Wildman–Crippen MR) is 137 cm³/mol. The maximum Gasteiger partial charge on any atom is 0.279 e. The number of likely N-dealkylation sites (tertiary alicyclic amines) is 1. The van der Waals surface area contributed by atoms with Gasteiger partial charge in [0.05, 0.1) is 11.6 Å². The van der Waals surface area contributed by atoms with E-state index in [1.807, 2.05) is 13.8 Å². The van der Waals surface area contributed by atoms with Gasteiger partial charge in [-0.05, 0) is 49.0 Å². The number of hydrogen-bond donors (Lipinski definition) is 3. The quantitative estimate of drug-likeness (QED) is 0.353. The number of halogens is 1. The molecule has 3 rings (SSSR count). The lowest BCUT2D eigenvalue weighted by atomic mass is 10.1. The summed E-state index contributed by atoms with van der Waals surface area (Å²) < 4.78 is 11.3.